The third-order valence-corrected chi connectivity index (χ3v) is 3.28. The highest BCUT2D eigenvalue weighted by atomic mass is 19.4. The van der Waals surface area contributed by atoms with Gasteiger partial charge in [0.05, 0.1) is 18.2 Å². The SMILES string of the molecule is CNc1nc(Nc2cc(CC#N)cc(N)c2C=N)ncc1C(F)(F)F. The molecule has 0 saturated carbocycles. The lowest BCUT2D eigenvalue weighted by Gasteiger charge is -2.15. The van der Waals surface area contributed by atoms with Crippen molar-refractivity contribution in [3.63, 3.8) is 0 Å². The summed E-state index contributed by atoms with van der Waals surface area (Å²) in [5.41, 5.74) is 6.34. The number of nitrogen functional groups attached to an aromatic ring is 1. The number of nitrogens with zero attached hydrogens (tertiary/aromatic N) is 3. The van der Waals surface area contributed by atoms with Crippen molar-refractivity contribution < 1.29 is 13.2 Å². The highest BCUT2D eigenvalue weighted by Crippen LogP contribution is 2.34. The molecule has 1 heterocycles. The number of alkyl halides is 3. The van der Waals surface area contributed by atoms with Gasteiger partial charge in [0.2, 0.25) is 5.95 Å². The fraction of sp³-hybridized carbons (Fsp3) is 0.200. The van der Waals surface area contributed by atoms with Gasteiger partial charge in [0.25, 0.3) is 0 Å². The maximum Gasteiger partial charge on any atom is 0.421 e. The molecule has 2 aromatic rings. The zero-order chi connectivity index (χ0) is 18.6. The summed E-state index contributed by atoms with van der Waals surface area (Å²) in [5, 5.41) is 21.4. The molecule has 7 nitrogen and oxygen atoms in total. The molecule has 0 aliphatic carbocycles. The minimum absolute atomic E-state index is 0.0901. The van der Waals surface area contributed by atoms with Gasteiger partial charge in [-0.05, 0) is 17.7 Å². The van der Waals surface area contributed by atoms with E-state index in [1.165, 1.54) is 7.05 Å². The number of rotatable bonds is 5. The number of halogens is 3. The number of nitrogens with two attached hydrogens (primary N) is 1. The molecule has 2 rings (SSSR count). The first-order valence-corrected chi connectivity index (χ1v) is 6.99. The van der Waals surface area contributed by atoms with Crippen LogP contribution in [0.3, 0.4) is 0 Å². The summed E-state index contributed by atoms with van der Waals surface area (Å²) in [6.07, 6.45) is -2.84. The number of nitriles is 1. The van der Waals surface area contributed by atoms with Crippen LogP contribution in [0.15, 0.2) is 18.3 Å². The molecule has 0 aliphatic rings. The number of nitrogens with one attached hydrogen (secondary N) is 3. The predicted octanol–water partition coefficient (Wildman–Crippen LogP) is 2.93. The van der Waals surface area contributed by atoms with E-state index in [1.807, 2.05) is 6.07 Å². The number of benzene rings is 1. The van der Waals surface area contributed by atoms with Gasteiger partial charge in [-0.25, -0.2) is 4.98 Å². The molecule has 1 aromatic carbocycles. The zero-order valence-corrected chi connectivity index (χ0v) is 13.1. The highest BCUT2D eigenvalue weighted by molar-refractivity contribution is 5.94. The summed E-state index contributed by atoms with van der Waals surface area (Å²) < 4.78 is 38.7. The van der Waals surface area contributed by atoms with Gasteiger partial charge in [-0.1, -0.05) is 0 Å². The molecule has 0 radical (unpaired) electrons. The molecule has 130 valence electrons. The van der Waals surface area contributed by atoms with Crippen molar-refractivity contribution in [1.29, 1.82) is 10.7 Å². The summed E-state index contributed by atoms with van der Waals surface area (Å²) in [7, 11) is 1.32. The van der Waals surface area contributed by atoms with Crippen molar-refractivity contribution in [2.24, 2.45) is 0 Å². The largest absolute Gasteiger partial charge is 0.421 e. The summed E-state index contributed by atoms with van der Waals surface area (Å²) in [5.74, 6) is -0.489. The van der Waals surface area contributed by atoms with Crippen LogP contribution in [0.4, 0.5) is 36.3 Å². The van der Waals surface area contributed by atoms with E-state index in [9.17, 15) is 13.2 Å². The van der Waals surface area contributed by atoms with Crippen LogP contribution in [0.25, 0.3) is 0 Å². The van der Waals surface area contributed by atoms with Crippen LogP contribution in [0.2, 0.25) is 0 Å². The van der Waals surface area contributed by atoms with E-state index in [-0.39, 0.29) is 23.9 Å². The Hall–Kier alpha value is -3.35. The van der Waals surface area contributed by atoms with Gasteiger partial charge >= 0.3 is 6.18 Å². The van der Waals surface area contributed by atoms with Gasteiger partial charge < -0.3 is 21.8 Å². The minimum atomic E-state index is -4.59. The molecular formula is C15H14F3N7. The van der Waals surface area contributed by atoms with Crippen molar-refractivity contribution in [1.82, 2.24) is 9.97 Å². The van der Waals surface area contributed by atoms with E-state index in [1.54, 1.807) is 12.1 Å². The number of aromatic nitrogens is 2. The van der Waals surface area contributed by atoms with Gasteiger partial charge in [-0.3, -0.25) is 0 Å². The Balaban J connectivity index is 2.46. The lowest BCUT2D eigenvalue weighted by Crippen LogP contribution is -2.13. The quantitative estimate of drug-likeness (QED) is 0.486. The van der Waals surface area contributed by atoms with Gasteiger partial charge in [0.1, 0.15) is 11.4 Å². The number of hydrogen-bond acceptors (Lipinski definition) is 7. The van der Waals surface area contributed by atoms with Crippen LogP contribution in [-0.4, -0.2) is 23.2 Å². The molecule has 1 aromatic heterocycles. The fourth-order valence-electron chi connectivity index (χ4n) is 2.16. The molecule has 0 fully saturated rings. The lowest BCUT2D eigenvalue weighted by molar-refractivity contribution is -0.137. The first-order valence-electron chi connectivity index (χ1n) is 6.99. The average molecular weight is 349 g/mol. The predicted molar refractivity (Wildman–Crippen MR) is 87.9 cm³/mol. The summed E-state index contributed by atoms with van der Waals surface area (Å²) in [6, 6.07) is 5.10. The summed E-state index contributed by atoms with van der Waals surface area (Å²) in [4.78, 5) is 7.47. The van der Waals surface area contributed by atoms with Crippen LogP contribution in [-0.2, 0) is 12.6 Å². The van der Waals surface area contributed by atoms with Crippen LogP contribution < -0.4 is 16.4 Å². The first-order chi connectivity index (χ1) is 11.8. The van der Waals surface area contributed by atoms with Gasteiger partial charge in [0.15, 0.2) is 0 Å². The Morgan fingerprint density at radius 1 is 1.40 bits per heavy atom. The Morgan fingerprint density at radius 2 is 2.12 bits per heavy atom. The number of hydrogen-bond donors (Lipinski definition) is 4. The minimum Gasteiger partial charge on any atom is -0.398 e. The second kappa shape index (κ2) is 7.04. The van der Waals surface area contributed by atoms with Gasteiger partial charge in [-0.2, -0.15) is 23.4 Å². The van der Waals surface area contributed by atoms with E-state index >= 15 is 0 Å². The van der Waals surface area contributed by atoms with Crippen LogP contribution in [0, 0.1) is 16.7 Å². The zero-order valence-electron chi connectivity index (χ0n) is 13.1. The Morgan fingerprint density at radius 3 is 2.68 bits per heavy atom. The first kappa shape index (κ1) is 18.0. The molecule has 0 unspecified atom stereocenters. The van der Waals surface area contributed by atoms with Crippen molar-refractivity contribution >= 4 is 29.4 Å². The normalized spacial score (nSPS) is 10.8. The lowest BCUT2D eigenvalue weighted by atomic mass is 10.1. The van der Waals surface area contributed by atoms with Crippen molar-refractivity contribution in [3.8, 4) is 6.07 Å². The molecule has 5 N–H and O–H groups in total. The maximum absolute atomic E-state index is 12.9. The van der Waals surface area contributed by atoms with Crippen LogP contribution >= 0.6 is 0 Å². The van der Waals surface area contributed by atoms with Gasteiger partial charge in [0, 0.05) is 30.7 Å². The Bertz CT molecular complexity index is 840. The monoisotopic (exact) mass is 349 g/mol. The maximum atomic E-state index is 12.9. The summed E-state index contributed by atoms with van der Waals surface area (Å²) in [6.45, 7) is 0. The molecule has 0 saturated heterocycles. The second-order valence-corrected chi connectivity index (χ2v) is 4.95. The smallest absolute Gasteiger partial charge is 0.398 e. The molecule has 0 aliphatic heterocycles. The Labute approximate surface area is 141 Å². The second-order valence-electron chi connectivity index (χ2n) is 4.95. The van der Waals surface area contributed by atoms with Gasteiger partial charge in [-0.15, -0.1) is 0 Å². The third kappa shape index (κ3) is 3.95. The van der Waals surface area contributed by atoms with E-state index in [0.29, 0.717) is 23.0 Å². The summed E-state index contributed by atoms with van der Waals surface area (Å²) >= 11 is 0. The van der Waals surface area contributed by atoms with E-state index in [0.717, 1.165) is 6.21 Å². The molecular weight excluding hydrogens is 335 g/mol. The molecule has 0 amide bonds. The standard InChI is InChI=1S/C15H14F3N7/c1-22-13-10(15(16,17)18)7-23-14(25-13)24-12-5-8(2-3-19)4-11(21)9(12)6-20/h4-7,20H,2,21H2,1H3,(H2,22,23,24,25). The van der Waals surface area contributed by atoms with Crippen LogP contribution in [0.1, 0.15) is 16.7 Å². The highest BCUT2D eigenvalue weighted by Gasteiger charge is 2.35. The molecule has 0 bridgehead atoms. The van der Waals surface area contributed by atoms with E-state index in [2.05, 4.69) is 20.6 Å². The molecule has 10 heteroatoms. The molecule has 0 atom stereocenters. The van der Waals surface area contributed by atoms with Crippen molar-refractivity contribution in [2.75, 3.05) is 23.4 Å². The molecule has 25 heavy (non-hydrogen) atoms. The molecule has 0 spiro atoms. The van der Waals surface area contributed by atoms with E-state index in [4.69, 9.17) is 16.4 Å². The van der Waals surface area contributed by atoms with Crippen LogP contribution in [0.5, 0.6) is 0 Å². The third-order valence-electron chi connectivity index (χ3n) is 3.28. The Kier molecular flexibility index (Phi) is 5.07. The fourth-order valence-corrected chi connectivity index (χ4v) is 2.16. The van der Waals surface area contributed by atoms with Crippen molar-refractivity contribution in [2.45, 2.75) is 12.6 Å². The van der Waals surface area contributed by atoms with Crippen molar-refractivity contribution in [3.05, 3.63) is 35.0 Å². The topological polar surface area (TPSA) is 124 Å². The number of anilines is 4. The van der Waals surface area contributed by atoms with E-state index < -0.39 is 11.7 Å². The average Bonchev–Trinajstić information content (AvgIpc) is 2.54.